The van der Waals surface area contributed by atoms with Gasteiger partial charge in [0, 0.05) is 65.4 Å². The van der Waals surface area contributed by atoms with Crippen molar-refractivity contribution in [3.8, 4) is 0 Å². The zero-order valence-electron chi connectivity index (χ0n) is 14.2. The van der Waals surface area contributed by atoms with Gasteiger partial charge in [-0.1, -0.05) is 6.07 Å². The molecule has 124 valence electrons. The Hall–Kier alpha value is -1.92. The summed E-state index contributed by atoms with van der Waals surface area (Å²) in [6.45, 7) is 6.98. The normalized spacial score (nSPS) is 19.0. The highest BCUT2D eigenvalue weighted by molar-refractivity contribution is 5.38. The monoisotopic (exact) mass is 314 g/mol. The van der Waals surface area contributed by atoms with Gasteiger partial charge >= 0.3 is 0 Å². The van der Waals surface area contributed by atoms with Crippen molar-refractivity contribution >= 4 is 5.82 Å². The van der Waals surface area contributed by atoms with Gasteiger partial charge in [-0.25, -0.2) is 9.97 Å². The van der Waals surface area contributed by atoms with Crippen molar-refractivity contribution in [1.82, 2.24) is 24.8 Å². The first-order valence-electron chi connectivity index (χ1n) is 8.27. The summed E-state index contributed by atoms with van der Waals surface area (Å²) in [6, 6.07) is 4.60. The van der Waals surface area contributed by atoms with Gasteiger partial charge in [0.05, 0.1) is 6.04 Å². The fourth-order valence-electron chi connectivity index (χ4n) is 3.02. The summed E-state index contributed by atoms with van der Waals surface area (Å²) in [4.78, 5) is 13.8. The van der Waals surface area contributed by atoms with Crippen LogP contribution < -0.4 is 10.2 Å². The Kier molecular flexibility index (Phi) is 4.93. The minimum Gasteiger partial charge on any atom is -0.360 e. The van der Waals surface area contributed by atoms with Gasteiger partial charge in [0.15, 0.2) is 0 Å². The van der Waals surface area contributed by atoms with E-state index in [-0.39, 0.29) is 0 Å². The molecule has 1 atom stereocenters. The lowest BCUT2D eigenvalue weighted by Crippen LogP contribution is -2.46. The maximum Gasteiger partial charge on any atom is 0.128 e. The highest BCUT2D eigenvalue weighted by Gasteiger charge is 2.26. The fourth-order valence-corrected chi connectivity index (χ4v) is 3.02. The summed E-state index contributed by atoms with van der Waals surface area (Å²) in [6.07, 6.45) is 5.89. The standard InChI is InChI=1S/C17H26N6/c1-4-21(2)16-6-5-14(11-20-16)13-23-10-7-18-12-15(23)17-19-8-9-22(17)3/h5-6,8-9,11,15,18H,4,7,10,12-13H2,1-3H3. The van der Waals surface area contributed by atoms with E-state index in [1.807, 2.05) is 18.6 Å². The van der Waals surface area contributed by atoms with E-state index in [0.717, 1.165) is 44.4 Å². The molecule has 0 aromatic carbocycles. The Morgan fingerprint density at radius 3 is 2.87 bits per heavy atom. The van der Waals surface area contributed by atoms with Crippen molar-refractivity contribution in [2.45, 2.75) is 19.5 Å². The minimum atomic E-state index is 0.307. The van der Waals surface area contributed by atoms with Gasteiger partial charge in [0.25, 0.3) is 0 Å². The zero-order chi connectivity index (χ0) is 16.2. The Morgan fingerprint density at radius 1 is 1.35 bits per heavy atom. The van der Waals surface area contributed by atoms with Crippen molar-refractivity contribution in [3.63, 3.8) is 0 Å². The summed E-state index contributed by atoms with van der Waals surface area (Å²) in [5.41, 5.74) is 1.25. The molecule has 0 radical (unpaired) electrons. The predicted molar refractivity (Wildman–Crippen MR) is 92.4 cm³/mol. The molecule has 1 aliphatic rings. The highest BCUT2D eigenvalue weighted by atomic mass is 15.3. The number of anilines is 1. The molecule has 1 fully saturated rings. The first-order valence-corrected chi connectivity index (χ1v) is 8.27. The van der Waals surface area contributed by atoms with Crippen molar-refractivity contribution in [3.05, 3.63) is 42.1 Å². The van der Waals surface area contributed by atoms with Gasteiger partial charge in [0.2, 0.25) is 0 Å². The van der Waals surface area contributed by atoms with E-state index < -0.39 is 0 Å². The number of nitrogens with one attached hydrogen (secondary N) is 1. The molecule has 1 saturated heterocycles. The smallest absolute Gasteiger partial charge is 0.128 e. The molecule has 3 rings (SSSR count). The number of rotatable bonds is 5. The van der Waals surface area contributed by atoms with Gasteiger partial charge < -0.3 is 14.8 Å². The number of hydrogen-bond donors (Lipinski definition) is 1. The van der Waals surface area contributed by atoms with Gasteiger partial charge in [-0.15, -0.1) is 0 Å². The van der Waals surface area contributed by atoms with Crippen LogP contribution in [0.5, 0.6) is 0 Å². The molecule has 0 saturated carbocycles. The number of pyridine rings is 1. The number of aryl methyl sites for hydroxylation is 1. The molecule has 1 N–H and O–H groups in total. The van der Waals surface area contributed by atoms with Crippen LogP contribution in [0.4, 0.5) is 5.82 Å². The predicted octanol–water partition coefficient (Wildman–Crippen LogP) is 1.42. The van der Waals surface area contributed by atoms with Crippen LogP contribution >= 0.6 is 0 Å². The van der Waals surface area contributed by atoms with Crippen LogP contribution in [-0.2, 0) is 13.6 Å². The van der Waals surface area contributed by atoms with Gasteiger partial charge in [-0.3, -0.25) is 4.90 Å². The molecule has 6 nitrogen and oxygen atoms in total. The zero-order valence-corrected chi connectivity index (χ0v) is 14.2. The maximum atomic E-state index is 4.58. The fraction of sp³-hybridized carbons (Fsp3) is 0.529. The lowest BCUT2D eigenvalue weighted by molar-refractivity contribution is 0.144. The van der Waals surface area contributed by atoms with Crippen LogP contribution in [0.2, 0.25) is 0 Å². The van der Waals surface area contributed by atoms with E-state index >= 15 is 0 Å². The number of hydrogen-bond acceptors (Lipinski definition) is 5. The largest absolute Gasteiger partial charge is 0.360 e. The number of piperazine rings is 1. The molecule has 1 aliphatic heterocycles. The Bertz CT molecular complexity index is 620. The summed E-state index contributed by atoms with van der Waals surface area (Å²) in [7, 11) is 4.13. The van der Waals surface area contributed by atoms with E-state index in [2.05, 4.69) is 62.8 Å². The lowest BCUT2D eigenvalue weighted by Gasteiger charge is -2.35. The number of imidazole rings is 1. The summed E-state index contributed by atoms with van der Waals surface area (Å²) in [5, 5.41) is 3.48. The van der Waals surface area contributed by atoms with Crippen LogP contribution in [0.3, 0.4) is 0 Å². The van der Waals surface area contributed by atoms with E-state index in [9.17, 15) is 0 Å². The van der Waals surface area contributed by atoms with Crippen molar-refractivity contribution < 1.29 is 0 Å². The third-order valence-corrected chi connectivity index (χ3v) is 4.57. The third kappa shape index (κ3) is 3.54. The van der Waals surface area contributed by atoms with Gasteiger partial charge in [0.1, 0.15) is 11.6 Å². The molecule has 0 amide bonds. The molecule has 3 heterocycles. The van der Waals surface area contributed by atoms with Crippen LogP contribution in [0.1, 0.15) is 24.4 Å². The average Bonchev–Trinajstić information content (AvgIpc) is 3.01. The van der Waals surface area contributed by atoms with Crippen molar-refractivity contribution in [2.75, 3.05) is 38.1 Å². The molecule has 0 aliphatic carbocycles. The maximum absolute atomic E-state index is 4.58. The third-order valence-electron chi connectivity index (χ3n) is 4.57. The molecular formula is C17H26N6. The molecule has 6 heteroatoms. The quantitative estimate of drug-likeness (QED) is 0.904. The van der Waals surface area contributed by atoms with Crippen LogP contribution in [0, 0.1) is 0 Å². The summed E-state index contributed by atoms with van der Waals surface area (Å²) >= 11 is 0. The summed E-state index contributed by atoms with van der Waals surface area (Å²) < 4.78 is 2.11. The SMILES string of the molecule is CCN(C)c1ccc(CN2CCNCC2c2nccn2C)cn1. The molecule has 0 spiro atoms. The van der Waals surface area contributed by atoms with Crippen LogP contribution in [-0.4, -0.2) is 52.7 Å². The van der Waals surface area contributed by atoms with Crippen molar-refractivity contribution in [1.29, 1.82) is 0 Å². The lowest BCUT2D eigenvalue weighted by atomic mass is 10.1. The van der Waals surface area contributed by atoms with Crippen LogP contribution in [0.25, 0.3) is 0 Å². The Balaban J connectivity index is 1.73. The minimum absolute atomic E-state index is 0.307. The summed E-state index contributed by atoms with van der Waals surface area (Å²) in [5.74, 6) is 2.14. The Labute approximate surface area is 138 Å². The van der Waals surface area contributed by atoms with E-state index in [0.29, 0.717) is 6.04 Å². The Morgan fingerprint density at radius 2 is 2.22 bits per heavy atom. The molecule has 2 aromatic heterocycles. The van der Waals surface area contributed by atoms with Gasteiger partial charge in [-0.2, -0.15) is 0 Å². The second kappa shape index (κ2) is 7.10. The number of aromatic nitrogens is 3. The van der Waals surface area contributed by atoms with Crippen molar-refractivity contribution in [2.24, 2.45) is 7.05 Å². The molecular weight excluding hydrogens is 288 g/mol. The molecule has 0 bridgehead atoms. The van der Waals surface area contributed by atoms with E-state index in [4.69, 9.17) is 0 Å². The van der Waals surface area contributed by atoms with E-state index in [1.54, 1.807) is 0 Å². The van der Waals surface area contributed by atoms with Crippen LogP contribution in [0.15, 0.2) is 30.7 Å². The van der Waals surface area contributed by atoms with Gasteiger partial charge in [-0.05, 0) is 18.6 Å². The first-order chi connectivity index (χ1) is 11.2. The average molecular weight is 314 g/mol. The molecule has 2 aromatic rings. The second-order valence-corrected chi connectivity index (χ2v) is 6.13. The molecule has 1 unspecified atom stereocenters. The first kappa shape index (κ1) is 16.0. The second-order valence-electron chi connectivity index (χ2n) is 6.13. The number of nitrogens with zero attached hydrogens (tertiary/aromatic N) is 5. The highest BCUT2D eigenvalue weighted by Crippen LogP contribution is 2.23. The topological polar surface area (TPSA) is 49.2 Å². The molecule has 23 heavy (non-hydrogen) atoms. The van der Waals surface area contributed by atoms with E-state index in [1.165, 1.54) is 5.56 Å².